The van der Waals surface area contributed by atoms with Gasteiger partial charge in [0, 0.05) is 81.7 Å². The third-order valence-electron chi connectivity index (χ3n) is 9.03. The van der Waals surface area contributed by atoms with Gasteiger partial charge in [0.2, 0.25) is 11.8 Å². The lowest BCUT2D eigenvalue weighted by Crippen LogP contribution is -2.48. The van der Waals surface area contributed by atoms with Crippen LogP contribution in [0.5, 0.6) is 5.88 Å². The van der Waals surface area contributed by atoms with Gasteiger partial charge in [-0.3, -0.25) is 23.9 Å². The highest BCUT2D eigenvalue weighted by atomic mass is 35.5. The van der Waals surface area contributed by atoms with Crippen LogP contribution >= 0.6 is 11.6 Å². The topological polar surface area (TPSA) is 119 Å². The molecule has 0 radical (unpaired) electrons. The van der Waals surface area contributed by atoms with E-state index in [9.17, 15) is 19.2 Å². The number of fused-ring (bicyclic) bond motifs is 1. The third-order valence-corrected chi connectivity index (χ3v) is 9.43. The Kier molecular flexibility index (Phi) is 8.73. The number of amides is 2. The number of piperazine rings is 1. The van der Waals surface area contributed by atoms with Gasteiger partial charge in [-0.2, -0.15) is 0 Å². The number of hydrogen-bond donors (Lipinski definition) is 1. The molecule has 1 fully saturated rings. The number of pyridine rings is 1. The average Bonchev–Trinajstić information content (AvgIpc) is 3.50. The van der Waals surface area contributed by atoms with Gasteiger partial charge in [0.15, 0.2) is 5.82 Å². The summed E-state index contributed by atoms with van der Waals surface area (Å²) in [6.07, 6.45) is 2.85. The van der Waals surface area contributed by atoms with Crippen LogP contribution in [0.3, 0.4) is 0 Å². The van der Waals surface area contributed by atoms with Crippen LogP contribution in [0.15, 0.2) is 58.3 Å². The number of carbonyl (C=O) groups excluding carboxylic acids is 2. The first-order valence-electron chi connectivity index (χ1n) is 15.2. The predicted molar refractivity (Wildman–Crippen MR) is 176 cm³/mol. The van der Waals surface area contributed by atoms with Crippen LogP contribution in [-0.4, -0.2) is 69.0 Å². The molecule has 2 amide bonds. The van der Waals surface area contributed by atoms with E-state index in [-0.39, 0.29) is 33.8 Å². The van der Waals surface area contributed by atoms with Crippen LogP contribution in [0.25, 0.3) is 22.4 Å². The lowest BCUT2D eigenvalue weighted by Gasteiger charge is -2.38. The molecule has 1 aliphatic carbocycles. The van der Waals surface area contributed by atoms with Gasteiger partial charge < -0.3 is 19.5 Å². The zero-order valence-corrected chi connectivity index (χ0v) is 27.2. The Balaban J connectivity index is 1.31. The summed E-state index contributed by atoms with van der Waals surface area (Å²) < 4.78 is 23.7. The molecule has 6 rings (SSSR count). The molecule has 2 aromatic carbocycles. The Bertz CT molecular complexity index is 2030. The Morgan fingerprint density at radius 2 is 1.70 bits per heavy atom. The summed E-state index contributed by atoms with van der Waals surface area (Å²) in [6, 6.07) is 11.9. The fourth-order valence-corrected chi connectivity index (χ4v) is 6.84. The zero-order valence-electron chi connectivity index (χ0n) is 26.5. The minimum atomic E-state index is -0.856. The van der Waals surface area contributed by atoms with Crippen LogP contribution in [0, 0.1) is 5.82 Å². The predicted octanol–water partition coefficient (Wildman–Crippen LogP) is 4.02. The second-order valence-corrected chi connectivity index (χ2v) is 12.2. The number of ether oxygens (including phenoxy) is 1. The van der Waals surface area contributed by atoms with Gasteiger partial charge in [-0.05, 0) is 30.5 Å². The molecule has 1 unspecified atom stereocenters. The highest BCUT2D eigenvalue weighted by molar-refractivity contribution is 6.36. The summed E-state index contributed by atoms with van der Waals surface area (Å²) in [5.41, 5.74) is 2.01. The van der Waals surface area contributed by atoms with Crippen molar-refractivity contribution in [2.45, 2.75) is 25.8 Å². The molecule has 13 heteroatoms. The molecule has 4 aromatic rings. The van der Waals surface area contributed by atoms with Gasteiger partial charge in [-0.15, -0.1) is 0 Å². The van der Waals surface area contributed by atoms with Gasteiger partial charge in [-0.25, -0.2) is 14.2 Å². The van der Waals surface area contributed by atoms with Crippen molar-refractivity contribution in [1.82, 2.24) is 23.9 Å². The minimum Gasteiger partial charge on any atom is -0.481 e. The first kappa shape index (κ1) is 32.1. The summed E-state index contributed by atoms with van der Waals surface area (Å²) in [6.45, 7) is 4.51. The molecular formula is C34H34ClFN6O5. The molecule has 0 spiro atoms. The number of halogens is 2. The summed E-state index contributed by atoms with van der Waals surface area (Å²) >= 11 is 6.96. The van der Waals surface area contributed by atoms with Crippen molar-refractivity contribution in [3.8, 4) is 28.3 Å². The van der Waals surface area contributed by atoms with Crippen LogP contribution in [0.4, 0.5) is 10.1 Å². The SMILES string of the molecule is COc1nc(-c2cccc(-c3cccc(NC(=O)c4cn(C)c(=O)n(C)c4=O)c3F)c2Cl)cc2c1C(N1CCN(C(C)=O)CC1)CC2. The van der Waals surface area contributed by atoms with Crippen LogP contribution < -0.4 is 21.3 Å². The maximum Gasteiger partial charge on any atom is 0.330 e. The molecule has 47 heavy (non-hydrogen) atoms. The van der Waals surface area contributed by atoms with Gasteiger partial charge in [-0.1, -0.05) is 41.9 Å². The Morgan fingerprint density at radius 1 is 1.02 bits per heavy atom. The molecule has 244 valence electrons. The number of nitrogens with one attached hydrogen (secondary N) is 1. The summed E-state index contributed by atoms with van der Waals surface area (Å²) in [7, 11) is 4.27. The number of carbonyl (C=O) groups is 2. The second kappa shape index (κ2) is 12.8. The van der Waals surface area contributed by atoms with Gasteiger partial charge in [0.05, 0.1) is 23.5 Å². The van der Waals surface area contributed by atoms with Gasteiger partial charge in [0.25, 0.3) is 11.5 Å². The standard InChI is InChI=1S/C34H34ClFN6O5/c1-19(43)41-13-15-42(16-14-41)27-12-11-20-17-26(38-32(47-4)28(20)27)23-9-5-7-21(29(23)35)22-8-6-10-25(30(22)36)37-31(44)24-18-39(2)34(46)40(3)33(24)45/h5-10,17-18,27H,11-16H2,1-4H3,(H,37,44). The molecule has 1 N–H and O–H groups in total. The molecule has 0 saturated carbocycles. The quantitative estimate of drug-likeness (QED) is 0.332. The first-order valence-corrected chi connectivity index (χ1v) is 15.6. The molecule has 2 aliphatic rings. The summed E-state index contributed by atoms with van der Waals surface area (Å²) in [5.74, 6) is -1.00. The highest BCUT2D eigenvalue weighted by Crippen LogP contribution is 2.44. The number of rotatable bonds is 6. The highest BCUT2D eigenvalue weighted by Gasteiger charge is 2.35. The van der Waals surface area contributed by atoms with E-state index in [1.54, 1.807) is 38.3 Å². The van der Waals surface area contributed by atoms with Crippen molar-refractivity contribution in [2.75, 3.05) is 38.6 Å². The summed E-state index contributed by atoms with van der Waals surface area (Å²) in [4.78, 5) is 58.5. The van der Waals surface area contributed by atoms with E-state index in [4.69, 9.17) is 21.3 Å². The monoisotopic (exact) mass is 660 g/mol. The Morgan fingerprint density at radius 3 is 2.40 bits per heavy atom. The average molecular weight is 661 g/mol. The van der Waals surface area contributed by atoms with Crippen LogP contribution in [0.2, 0.25) is 5.02 Å². The van der Waals surface area contributed by atoms with E-state index in [0.717, 1.165) is 52.4 Å². The van der Waals surface area contributed by atoms with E-state index in [2.05, 4.69) is 10.2 Å². The van der Waals surface area contributed by atoms with E-state index in [0.29, 0.717) is 35.8 Å². The number of aryl methyl sites for hydroxylation is 2. The normalized spacial score (nSPS) is 16.2. The molecule has 1 atom stereocenters. The molecule has 1 aliphatic heterocycles. The van der Waals surface area contributed by atoms with Crippen molar-refractivity contribution < 1.29 is 18.7 Å². The maximum atomic E-state index is 16.0. The third kappa shape index (κ3) is 5.83. The Labute approximate surface area is 275 Å². The van der Waals surface area contributed by atoms with E-state index in [1.165, 1.54) is 20.2 Å². The van der Waals surface area contributed by atoms with Gasteiger partial charge in [0.1, 0.15) is 5.56 Å². The number of nitrogens with zero attached hydrogens (tertiary/aromatic N) is 5. The molecule has 0 bridgehead atoms. The van der Waals surface area contributed by atoms with E-state index >= 15 is 4.39 Å². The molecular weight excluding hydrogens is 627 g/mol. The van der Waals surface area contributed by atoms with Crippen LogP contribution in [-0.2, 0) is 25.3 Å². The smallest absolute Gasteiger partial charge is 0.330 e. The van der Waals surface area contributed by atoms with Crippen molar-refractivity contribution >= 4 is 29.1 Å². The fraction of sp³-hybridized carbons (Fsp3) is 0.324. The largest absolute Gasteiger partial charge is 0.481 e. The maximum absolute atomic E-state index is 16.0. The lowest BCUT2D eigenvalue weighted by molar-refractivity contribution is -0.130. The minimum absolute atomic E-state index is 0.0872. The van der Waals surface area contributed by atoms with E-state index in [1.807, 2.05) is 17.0 Å². The number of methoxy groups -OCH3 is 1. The number of hydrogen-bond acceptors (Lipinski definition) is 7. The van der Waals surface area contributed by atoms with Gasteiger partial charge >= 0.3 is 5.69 Å². The Hall–Kier alpha value is -4.81. The van der Waals surface area contributed by atoms with Crippen molar-refractivity contribution in [3.05, 3.63) is 97.0 Å². The van der Waals surface area contributed by atoms with Crippen LogP contribution in [0.1, 0.15) is 40.9 Å². The van der Waals surface area contributed by atoms with E-state index < -0.39 is 23.0 Å². The fourth-order valence-electron chi connectivity index (χ4n) is 6.52. The zero-order chi connectivity index (χ0) is 33.6. The molecule has 3 heterocycles. The first-order chi connectivity index (χ1) is 22.5. The molecule has 1 saturated heterocycles. The molecule has 11 nitrogen and oxygen atoms in total. The summed E-state index contributed by atoms with van der Waals surface area (Å²) in [5, 5.41) is 2.73. The molecule has 2 aromatic heterocycles. The van der Waals surface area contributed by atoms with Crippen molar-refractivity contribution in [3.63, 3.8) is 0 Å². The number of anilines is 1. The van der Waals surface area contributed by atoms with Crippen molar-refractivity contribution in [2.24, 2.45) is 14.1 Å². The number of benzene rings is 2. The van der Waals surface area contributed by atoms with Crippen molar-refractivity contribution in [1.29, 1.82) is 0 Å². The lowest BCUT2D eigenvalue weighted by atomic mass is 9.98. The second-order valence-electron chi connectivity index (χ2n) is 11.8. The number of aromatic nitrogens is 3.